The molecule has 0 spiro atoms. The Hall–Kier alpha value is -2.96. The summed E-state index contributed by atoms with van der Waals surface area (Å²) in [5.41, 5.74) is 2.99. The molecule has 0 atom stereocenters. The van der Waals surface area contributed by atoms with Gasteiger partial charge in [-0.15, -0.1) is 0 Å². The second-order valence-corrected chi connectivity index (χ2v) is 7.08. The molecule has 1 saturated heterocycles. The molecule has 7 heteroatoms. The lowest BCUT2D eigenvalue weighted by atomic mass is 10.1. The number of aryl methyl sites for hydroxylation is 2. The van der Waals surface area contributed by atoms with Gasteiger partial charge >= 0.3 is 0 Å². The Balaban J connectivity index is 1.58. The van der Waals surface area contributed by atoms with Crippen LogP contribution in [0.15, 0.2) is 36.7 Å². The van der Waals surface area contributed by atoms with Crippen molar-refractivity contribution in [2.75, 3.05) is 42.5 Å². The molecule has 7 nitrogen and oxygen atoms in total. The topological polar surface area (TPSA) is 69.6 Å². The number of carbonyl (C=O) groups is 2. The van der Waals surface area contributed by atoms with Crippen LogP contribution in [0.4, 0.5) is 11.6 Å². The first kappa shape index (κ1) is 19.8. The lowest BCUT2D eigenvalue weighted by Crippen LogP contribution is -2.49. The standard InChI is InChI=1S/C21H27N5O2/c1-16-6-4-7-17(2)20(16)26(18(3)27)11-8-19(28)24-12-14-25(15-13-24)21-22-9-5-10-23-21/h4-7,9-10H,8,11-15H2,1-3H3. The number of anilines is 2. The first-order valence-corrected chi connectivity index (χ1v) is 9.61. The number of rotatable bonds is 5. The largest absolute Gasteiger partial charge is 0.339 e. The SMILES string of the molecule is CC(=O)N(CCC(=O)N1CCN(c2ncccn2)CC1)c1c(C)cccc1C. The van der Waals surface area contributed by atoms with Crippen molar-refractivity contribution < 1.29 is 9.59 Å². The number of amides is 2. The van der Waals surface area contributed by atoms with E-state index in [0.29, 0.717) is 45.1 Å². The Morgan fingerprint density at radius 1 is 1.00 bits per heavy atom. The summed E-state index contributed by atoms with van der Waals surface area (Å²) in [6, 6.07) is 7.75. The molecule has 1 fully saturated rings. The minimum absolute atomic E-state index is 0.0451. The van der Waals surface area contributed by atoms with Crippen LogP contribution < -0.4 is 9.80 Å². The molecule has 28 heavy (non-hydrogen) atoms. The third kappa shape index (κ3) is 4.47. The molecule has 3 rings (SSSR count). The molecule has 2 heterocycles. The summed E-state index contributed by atoms with van der Waals surface area (Å²) in [6.07, 6.45) is 3.77. The average molecular weight is 381 g/mol. The third-order valence-electron chi connectivity index (χ3n) is 5.11. The third-order valence-corrected chi connectivity index (χ3v) is 5.11. The van der Waals surface area contributed by atoms with E-state index in [2.05, 4.69) is 14.9 Å². The van der Waals surface area contributed by atoms with Gasteiger partial charge in [-0.1, -0.05) is 18.2 Å². The molecule has 0 unspecified atom stereocenters. The van der Waals surface area contributed by atoms with Crippen molar-refractivity contribution in [3.05, 3.63) is 47.8 Å². The molecule has 0 aliphatic carbocycles. The van der Waals surface area contributed by atoms with E-state index in [4.69, 9.17) is 0 Å². The quantitative estimate of drug-likeness (QED) is 0.794. The minimum atomic E-state index is -0.0451. The van der Waals surface area contributed by atoms with Gasteiger partial charge in [0.05, 0.1) is 0 Å². The Morgan fingerprint density at radius 3 is 2.18 bits per heavy atom. The molecule has 1 aliphatic heterocycles. The van der Waals surface area contributed by atoms with Gasteiger partial charge in [-0.3, -0.25) is 9.59 Å². The normalized spacial score (nSPS) is 14.1. The van der Waals surface area contributed by atoms with Crippen molar-refractivity contribution in [3.8, 4) is 0 Å². The Kier molecular flexibility index (Phi) is 6.23. The van der Waals surface area contributed by atoms with Crippen molar-refractivity contribution in [1.82, 2.24) is 14.9 Å². The van der Waals surface area contributed by atoms with Crippen LogP contribution in [0.3, 0.4) is 0 Å². The Labute approximate surface area is 166 Å². The number of benzene rings is 1. The molecule has 0 radical (unpaired) electrons. The second-order valence-electron chi connectivity index (χ2n) is 7.08. The van der Waals surface area contributed by atoms with Gasteiger partial charge in [-0.25, -0.2) is 9.97 Å². The number of aromatic nitrogens is 2. The highest BCUT2D eigenvalue weighted by molar-refractivity contribution is 5.94. The van der Waals surface area contributed by atoms with Gasteiger partial charge in [-0.05, 0) is 31.0 Å². The fraction of sp³-hybridized carbons (Fsp3) is 0.429. The maximum atomic E-state index is 12.7. The number of hydrogen-bond donors (Lipinski definition) is 0. The summed E-state index contributed by atoms with van der Waals surface area (Å²) in [6.45, 7) is 8.63. The zero-order valence-corrected chi connectivity index (χ0v) is 16.8. The van der Waals surface area contributed by atoms with Gasteiger partial charge < -0.3 is 14.7 Å². The van der Waals surface area contributed by atoms with E-state index in [9.17, 15) is 9.59 Å². The van der Waals surface area contributed by atoms with Gasteiger partial charge in [0, 0.05) is 64.1 Å². The Morgan fingerprint density at radius 2 is 1.61 bits per heavy atom. The summed E-state index contributed by atoms with van der Waals surface area (Å²) in [5, 5.41) is 0. The summed E-state index contributed by atoms with van der Waals surface area (Å²) in [5.74, 6) is 0.731. The van der Waals surface area contributed by atoms with Crippen molar-refractivity contribution in [1.29, 1.82) is 0 Å². The second kappa shape index (κ2) is 8.82. The molecule has 2 aromatic rings. The van der Waals surface area contributed by atoms with Crippen LogP contribution in [0, 0.1) is 13.8 Å². The number of para-hydroxylation sites is 1. The monoisotopic (exact) mass is 381 g/mol. The van der Waals surface area contributed by atoms with Crippen molar-refractivity contribution in [3.63, 3.8) is 0 Å². The van der Waals surface area contributed by atoms with E-state index >= 15 is 0 Å². The van der Waals surface area contributed by atoms with E-state index in [1.54, 1.807) is 30.3 Å². The highest BCUT2D eigenvalue weighted by Gasteiger charge is 2.24. The number of nitrogens with zero attached hydrogens (tertiary/aromatic N) is 5. The van der Waals surface area contributed by atoms with E-state index in [0.717, 1.165) is 16.8 Å². The molecule has 1 aliphatic rings. The maximum Gasteiger partial charge on any atom is 0.225 e. The van der Waals surface area contributed by atoms with Gasteiger partial charge in [0.1, 0.15) is 0 Å². The van der Waals surface area contributed by atoms with Crippen molar-refractivity contribution in [2.24, 2.45) is 0 Å². The predicted octanol–water partition coefficient (Wildman–Crippen LogP) is 2.19. The van der Waals surface area contributed by atoms with Crippen LogP contribution in [-0.4, -0.2) is 59.4 Å². The van der Waals surface area contributed by atoms with E-state index in [-0.39, 0.29) is 11.8 Å². The van der Waals surface area contributed by atoms with Crippen LogP contribution in [0.1, 0.15) is 24.5 Å². The van der Waals surface area contributed by atoms with Gasteiger partial charge in [0.25, 0.3) is 0 Å². The van der Waals surface area contributed by atoms with Gasteiger partial charge in [-0.2, -0.15) is 0 Å². The van der Waals surface area contributed by atoms with E-state index in [1.165, 1.54) is 0 Å². The molecule has 2 amide bonds. The molecule has 0 saturated carbocycles. The molecule has 148 valence electrons. The number of piperazine rings is 1. The van der Waals surface area contributed by atoms with Crippen LogP contribution in [0.2, 0.25) is 0 Å². The van der Waals surface area contributed by atoms with Crippen LogP contribution in [-0.2, 0) is 9.59 Å². The molecule has 1 aromatic heterocycles. The fourth-order valence-electron chi connectivity index (χ4n) is 3.63. The van der Waals surface area contributed by atoms with E-state index in [1.807, 2.05) is 36.9 Å². The average Bonchev–Trinajstić information content (AvgIpc) is 2.70. The van der Waals surface area contributed by atoms with Crippen LogP contribution in [0.5, 0.6) is 0 Å². The minimum Gasteiger partial charge on any atom is -0.339 e. The van der Waals surface area contributed by atoms with Crippen molar-refractivity contribution in [2.45, 2.75) is 27.2 Å². The smallest absolute Gasteiger partial charge is 0.225 e. The summed E-state index contributed by atoms with van der Waals surface area (Å²) >= 11 is 0. The van der Waals surface area contributed by atoms with Crippen molar-refractivity contribution >= 4 is 23.5 Å². The number of hydrogen-bond acceptors (Lipinski definition) is 5. The Bertz CT molecular complexity index is 812. The number of carbonyl (C=O) groups excluding carboxylic acids is 2. The first-order chi connectivity index (χ1) is 13.5. The zero-order valence-electron chi connectivity index (χ0n) is 16.8. The van der Waals surface area contributed by atoms with Crippen LogP contribution >= 0.6 is 0 Å². The molecule has 0 N–H and O–H groups in total. The molecule has 1 aromatic carbocycles. The summed E-state index contributed by atoms with van der Waals surface area (Å²) < 4.78 is 0. The summed E-state index contributed by atoms with van der Waals surface area (Å²) in [4.78, 5) is 39.1. The molecular formula is C21H27N5O2. The van der Waals surface area contributed by atoms with Gasteiger partial charge in [0.2, 0.25) is 17.8 Å². The fourth-order valence-corrected chi connectivity index (χ4v) is 3.63. The molecule has 0 bridgehead atoms. The highest BCUT2D eigenvalue weighted by atomic mass is 16.2. The molecular weight excluding hydrogens is 354 g/mol. The predicted molar refractivity (Wildman–Crippen MR) is 109 cm³/mol. The maximum absolute atomic E-state index is 12.7. The lowest BCUT2D eigenvalue weighted by Gasteiger charge is -2.35. The first-order valence-electron chi connectivity index (χ1n) is 9.61. The van der Waals surface area contributed by atoms with Crippen LogP contribution in [0.25, 0.3) is 0 Å². The summed E-state index contributed by atoms with van der Waals surface area (Å²) in [7, 11) is 0. The zero-order chi connectivity index (χ0) is 20.1. The van der Waals surface area contributed by atoms with Gasteiger partial charge in [0.15, 0.2) is 0 Å². The lowest BCUT2D eigenvalue weighted by molar-refractivity contribution is -0.131. The van der Waals surface area contributed by atoms with E-state index < -0.39 is 0 Å². The highest BCUT2D eigenvalue weighted by Crippen LogP contribution is 2.25.